The van der Waals surface area contributed by atoms with Crippen LogP contribution in [0.3, 0.4) is 0 Å². The highest BCUT2D eigenvalue weighted by Crippen LogP contribution is 2.29. The summed E-state index contributed by atoms with van der Waals surface area (Å²) in [6, 6.07) is 7.62. The van der Waals surface area contributed by atoms with E-state index in [4.69, 9.17) is 6.42 Å². The number of hydrogen-bond donors (Lipinski definition) is 1. The van der Waals surface area contributed by atoms with E-state index in [1.54, 1.807) is 0 Å². The molecule has 14 heavy (non-hydrogen) atoms. The number of hydrogen-bond acceptors (Lipinski definition) is 1. The van der Waals surface area contributed by atoms with Crippen LogP contribution in [0.2, 0.25) is 0 Å². The maximum Gasteiger partial charge on any atom is 0.100 e. The van der Waals surface area contributed by atoms with Gasteiger partial charge in [0, 0.05) is 10.9 Å². The molecule has 1 atom stereocenters. The number of terminal acetylenes is 1. The first-order valence-corrected chi connectivity index (χ1v) is 5.33. The molecule has 2 heteroatoms. The molecule has 1 nitrogen and oxygen atoms in total. The van der Waals surface area contributed by atoms with Crippen LogP contribution in [-0.4, -0.2) is 5.11 Å². The summed E-state index contributed by atoms with van der Waals surface area (Å²) in [5.74, 6) is 2.51. The lowest BCUT2D eigenvalue weighted by Crippen LogP contribution is -2.23. The van der Waals surface area contributed by atoms with E-state index < -0.39 is 5.60 Å². The van der Waals surface area contributed by atoms with Gasteiger partial charge in [-0.3, -0.25) is 0 Å². The predicted molar refractivity (Wildman–Crippen MR) is 61.8 cm³/mol. The van der Waals surface area contributed by atoms with Gasteiger partial charge in [0.2, 0.25) is 0 Å². The fourth-order valence-corrected chi connectivity index (χ4v) is 1.78. The SMILES string of the molecule is C#CCC(O)(CC)c1cccc(Br)c1. The molecule has 0 saturated heterocycles. The third-order valence-electron chi connectivity index (χ3n) is 2.34. The van der Waals surface area contributed by atoms with Gasteiger partial charge in [0.15, 0.2) is 0 Å². The highest BCUT2D eigenvalue weighted by Gasteiger charge is 2.25. The summed E-state index contributed by atoms with van der Waals surface area (Å²) < 4.78 is 0.957. The summed E-state index contributed by atoms with van der Waals surface area (Å²) in [6.07, 6.45) is 6.21. The Morgan fingerprint density at radius 3 is 2.79 bits per heavy atom. The van der Waals surface area contributed by atoms with E-state index in [-0.39, 0.29) is 0 Å². The van der Waals surface area contributed by atoms with E-state index in [1.165, 1.54) is 0 Å². The van der Waals surface area contributed by atoms with Crippen molar-refractivity contribution >= 4 is 15.9 Å². The molecule has 0 spiro atoms. The van der Waals surface area contributed by atoms with E-state index in [9.17, 15) is 5.11 Å². The molecule has 0 radical (unpaired) electrons. The van der Waals surface area contributed by atoms with E-state index in [0.29, 0.717) is 12.8 Å². The Morgan fingerprint density at radius 2 is 2.29 bits per heavy atom. The summed E-state index contributed by atoms with van der Waals surface area (Å²) in [4.78, 5) is 0. The van der Waals surface area contributed by atoms with Gasteiger partial charge in [-0.15, -0.1) is 12.3 Å². The standard InChI is InChI=1S/C12H13BrO/c1-3-8-12(14,4-2)10-6-5-7-11(13)9-10/h1,5-7,9,14H,4,8H2,2H3. The monoisotopic (exact) mass is 252 g/mol. The van der Waals surface area contributed by atoms with Crippen LogP contribution in [0.15, 0.2) is 28.7 Å². The average molecular weight is 253 g/mol. The third-order valence-corrected chi connectivity index (χ3v) is 2.83. The van der Waals surface area contributed by atoms with Crippen LogP contribution in [0.4, 0.5) is 0 Å². The van der Waals surface area contributed by atoms with Crippen molar-refractivity contribution < 1.29 is 5.11 Å². The minimum absolute atomic E-state index is 0.347. The molecule has 0 saturated carbocycles. The Morgan fingerprint density at radius 1 is 1.57 bits per heavy atom. The lowest BCUT2D eigenvalue weighted by atomic mass is 9.88. The van der Waals surface area contributed by atoms with E-state index in [0.717, 1.165) is 10.0 Å². The summed E-state index contributed by atoms with van der Waals surface area (Å²) in [5, 5.41) is 10.3. The van der Waals surface area contributed by atoms with Crippen LogP contribution in [-0.2, 0) is 5.60 Å². The van der Waals surface area contributed by atoms with Crippen LogP contribution in [0.5, 0.6) is 0 Å². The Balaban J connectivity index is 3.07. The molecule has 1 aromatic carbocycles. The second kappa shape index (κ2) is 4.63. The molecule has 0 aliphatic rings. The first-order valence-electron chi connectivity index (χ1n) is 4.54. The van der Waals surface area contributed by atoms with Crippen molar-refractivity contribution in [1.29, 1.82) is 0 Å². The van der Waals surface area contributed by atoms with Crippen LogP contribution < -0.4 is 0 Å². The lowest BCUT2D eigenvalue weighted by Gasteiger charge is -2.25. The highest BCUT2D eigenvalue weighted by molar-refractivity contribution is 9.10. The minimum atomic E-state index is -0.890. The second-order valence-corrected chi connectivity index (χ2v) is 4.19. The van der Waals surface area contributed by atoms with Crippen molar-refractivity contribution in [3.63, 3.8) is 0 Å². The zero-order valence-electron chi connectivity index (χ0n) is 8.13. The average Bonchev–Trinajstić information content (AvgIpc) is 2.18. The molecule has 0 bridgehead atoms. The van der Waals surface area contributed by atoms with Crippen LogP contribution >= 0.6 is 15.9 Å². The van der Waals surface area contributed by atoms with Crippen LogP contribution in [0.25, 0.3) is 0 Å². The molecule has 1 unspecified atom stereocenters. The number of rotatable bonds is 3. The van der Waals surface area contributed by atoms with Gasteiger partial charge in [0.1, 0.15) is 5.60 Å². The first kappa shape index (κ1) is 11.3. The van der Waals surface area contributed by atoms with Crippen LogP contribution in [0, 0.1) is 12.3 Å². The van der Waals surface area contributed by atoms with Gasteiger partial charge in [-0.2, -0.15) is 0 Å². The molecule has 0 heterocycles. The zero-order chi connectivity index (χ0) is 10.6. The molecule has 0 amide bonds. The first-order chi connectivity index (χ1) is 6.62. The molecular formula is C12H13BrO. The summed E-state index contributed by atoms with van der Waals surface area (Å²) >= 11 is 3.37. The Kier molecular flexibility index (Phi) is 3.74. The van der Waals surface area contributed by atoms with Crippen molar-refractivity contribution in [1.82, 2.24) is 0 Å². The topological polar surface area (TPSA) is 20.2 Å². The third kappa shape index (κ3) is 2.37. The maximum absolute atomic E-state index is 10.3. The van der Waals surface area contributed by atoms with Gasteiger partial charge in [0.05, 0.1) is 0 Å². The lowest BCUT2D eigenvalue weighted by molar-refractivity contribution is 0.0378. The molecular weight excluding hydrogens is 240 g/mol. The molecule has 0 aliphatic heterocycles. The Labute approximate surface area is 93.3 Å². The van der Waals surface area contributed by atoms with Gasteiger partial charge < -0.3 is 5.11 Å². The van der Waals surface area contributed by atoms with Gasteiger partial charge in [-0.1, -0.05) is 35.0 Å². The van der Waals surface area contributed by atoms with Gasteiger partial charge in [-0.25, -0.2) is 0 Å². The summed E-state index contributed by atoms with van der Waals surface area (Å²) in [5.41, 5.74) is -0.0225. The fraction of sp³-hybridized carbons (Fsp3) is 0.333. The second-order valence-electron chi connectivity index (χ2n) is 3.28. The smallest absolute Gasteiger partial charge is 0.100 e. The van der Waals surface area contributed by atoms with E-state index in [1.807, 2.05) is 31.2 Å². The zero-order valence-corrected chi connectivity index (χ0v) is 9.71. The molecule has 1 rings (SSSR count). The molecule has 0 aromatic heterocycles. The normalized spacial score (nSPS) is 14.4. The van der Waals surface area contributed by atoms with Crippen LogP contribution in [0.1, 0.15) is 25.3 Å². The number of aliphatic hydroxyl groups is 1. The summed E-state index contributed by atoms with van der Waals surface area (Å²) in [7, 11) is 0. The van der Waals surface area contributed by atoms with Gasteiger partial charge in [0.25, 0.3) is 0 Å². The molecule has 1 aromatic rings. The maximum atomic E-state index is 10.3. The molecule has 74 valence electrons. The Hall–Kier alpha value is -0.780. The molecule has 1 N–H and O–H groups in total. The predicted octanol–water partition coefficient (Wildman–Crippen LogP) is 3.07. The van der Waals surface area contributed by atoms with Crippen molar-refractivity contribution in [3.05, 3.63) is 34.3 Å². The highest BCUT2D eigenvalue weighted by atomic mass is 79.9. The van der Waals surface area contributed by atoms with Crippen molar-refractivity contribution in [3.8, 4) is 12.3 Å². The molecule has 0 fully saturated rings. The van der Waals surface area contributed by atoms with E-state index >= 15 is 0 Å². The molecule has 0 aliphatic carbocycles. The minimum Gasteiger partial charge on any atom is -0.384 e. The van der Waals surface area contributed by atoms with Gasteiger partial charge in [-0.05, 0) is 24.1 Å². The van der Waals surface area contributed by atoms with Gasteiger partial charge >= 0.3 is 0 Å². The van der Waals surface area contributed by atoms with Crippen molar-refractivity contribution in [2.45, 2.75) is 25.4 Å². The Bertz CT molecular complexity index is 354. The van der Waals surface area contributed by atoms with Crippen molar-refractivity contribution in [2.75, 3.05) is 0 Å². The fourth-order valence-electron chi connectivity index (χ4n) is 1.38. The number of halogens is 1. The summed E-state index contributed by atoms with van der Waals surface area (Å²) in [6.45, 7) is 1.93. The number of benzene rings is 1. The largest absolute Gasteiger partial charge is 0.384 e. The quantitative estimate of drug-likeness (QED) is 0.821. The van der Waals surface area contributed by atoms with Crippen molar-refractivity contribution in [2.24, 2.45) is 0 Å². The van der Waals surface area contributed by atoms with E-state index in [2.05, 4.69) is 21.9 Å².